The Kier molecular flexibility index (Phi) is 6.98. The third kappa shape index (κ3) is 5.53. The fraction of sp³-hybridized carbons (Fsp3) is 0.296. The molecule has 1 aromatic carbocycles. The quantitative estimate of drug-likeness (QED) is 0.358. The predicted molar refractivity (Wildman–Crippen MR) is 138 cm³/mol. The highest BCUT2D eigenvalue weighted by atomic mass is 16.5. The van der Waals surface area contributed by atoms with Crippen LogP contribution in [0, 0.1) is 5.92 Å². The first-order valence-electron chi connectivity index (χ1n) is 12.2. The maximum absolute atomic E-state index is 13.2. The van der Waals surface area contributed by atoms with Crippen LogP contribution in [0.4, 0.5) is 5.82 Å². The van der Waals surface area contributed by atoms with Crippen molar-refractivity contribution < 1.29 is 19.1 Å². The van der Waals surface area contributed by atoms with Gasteiger partial charge in [-0.3, -0.25) is 9.59 Å². The van der Waals surface area contributed by atoms with Crippen LogP contribution in [-0.2, 0) is 11.3 Å². The number of nitrogens with one attached hydrogen (secondary N) is 2. The van der Waals surface area contributed by atoms with E-state index < -0.39 is 0 Å². The zero-order chi connectivity index (χ0) is 25.8. The standard InChI is InChI=1S/C27H28N6O4/c1-17(34)30-24-15-33-25(31-24)11-10-22(32-33)20-12-21(27(36-2)29-14-20)26(35)28-13-19-8-3-4-9-23(19)37-16-18-6-5-7-18/h3-4,8-12,14-15,18H,5-7,13,16H2,1-2H3,(H,28,35)(H,30,34). The molecule has 5 rings (SSSR count). The molecule has 0 unspecified atom stereocenters. The second kappa shape index (κ2) is 10.7. The Morgan fingerprint density at radius 1 is 1.16 bits per heavy atom. The molecule has 0 radical (unpaired) electrons. The second-order valence-electron chi connectivity index (χ2n) is 9.01. The van der Waals surface area contributed by atoms with Gasteiger partial charge in [0.25, 0.3) is 5.91 Å². The molecule has 1 fully saturated rings. The summed E-state index contributed by atoms with van der Waals surface area (Å²) in [4.78, 5) is 33.2. The van der Waals surface area contributed by atoms with Gasteiger partial charge in [0.15, 0.2) is 11.5 Å². The van der Waals surface area contributed by atoms with Crippen LogP contribution in [0.2, 0.25) is 0 Å². The van der Waals surface area contributed by atoms with E-state index in [1.807, 2.05) is 24.3 Å². The number of para-hydroxylation sites is 1. The first-order chi connectivity index (χ1) is 18.0. The number of carbonyl (C=O) groups excluding carboxylic acids is 2. The first-order valence-corrected chi connectivity index (χ1v) is 12.2. The molecule has 4 aromatic rings. The van der Waals surface area contributed by atoms with E-state index in [4.69, 9.17) is 9.47 Å². The van der Waals surface area contributed by atoms with Crippen LogP contribution < -0.4 is 20.1 Å². The van der Waals surface area contributed by atoms with Gasteiger partial charge in [-0.1, -0.05) is 24.6 Å². The van der Waals surface area contributed by atoms with E-state index in [-0.39, 0.29) is 17.7 Å². The van der Waals surface area contributed by atoms with Gasteiger partial charge in [0.05, 0.1) is 25.6 Å². The molecule has 0 spiro atoms. The minimum absolute atomic E-state index is 0.215. The van der Waals surface area contributed by atoms with Crippen molar-refractivity contribution >= 4 is 23.3 Å². The Morgan fingerprint density at radius 2 is 2.00 bits per heavy atom. The van der Waals surface area contributed by atoms with Gasteiger partial charge in [-0.15, -0.1) is 0 Å². The number of carbonyl (C=O) groups is 2. The van der Waals surface area contributed by atoms with Gasteiger partial charge in [-0.2, -0.15) is 5.10 Å². The van der Waals surface area contributed by atoms with Crippen LogP contribution in [0.5, 0.6) is 11.6 Å². The molecular formula is C27H28N6O4. The fourth-order valence-corrected chi connectivity index (χ4v) is 4.12. The Hall–Kier alpha value is -4.47. The highest BCUT2D eigenvalue weighted by Crippen LogP contribution is 2.28. The number of rotatable bonds is 9. The van der Waals surface area contributed by atoms with Crippen molar-refractivity contribution in [3.63, 3.8) is 0 Å². The smallest absolute Gasteiger partial charge is 0.257 e. The lowest BCUT2D eigenvalue weighted by atomic mass is 9.86. The molecule has 1 saturated carbocycles. The first kappa shape index (κ1) is 24.2. The number of imidazole rings is 1. The lowest BCUT2D eigenvalue weighted by Gasteiger charge is -2.25. The lowest BCUT2D eigenvalue weighted by Crippen LogP contribution is -2.24. The second-order valence-corrected chi connectivity index (χ2v) is 9.01. The van der Waals surface area contributed by atoms with Crippen molar-refractivity contribution in [1.82, 2.24) is 24.9 Å². The van der Waals surface area contributed by atoms with E-state index in [9.17, 15) is 9.59 Å². The van der Waals surface area contributed by atoms with Gasteiger partial charge >= 0.3 is 0 Å². The van der Waals surface area contributed by atoms with Crippen molar-refractivity contribution in [2.75, 3.05) is 19.0 Å². The normalized spacial score (nSPS) is 13.1. The summed E-state index contributed by atoms with van der Waals surface area (Å²) in [6.45, 7) is 2.42. The average Bonchev–Trinajstić information content (AvgIpc) is 3.27. The Morgan fingerprint density at radius 3 is 2.76 bits per heavy atom. The number of pyridine rings is 1. The summed E-state index contributed by atoms with van der Waals surface area (Å²) in [6, 6.07) is 13.0. The number of fused-ring (bicyclic) bond motifs is 1. The molecular weight excluding hydrogens is 472 g/mol. The number of amides is 2. The zero-order valence-corrected chi connectivity index (χ0v) is 20.7. The van der Waals surface area contributed by atoms with Crippen molar-refractivity contribution in [2.24, 2.45) is 5.92 Å². The summed E-state index contributed by atoms with van der Waals surface area (Å²) in [5.41, 5.74) is 2.98. The summed E-state index contributed by atoms with van der Waals surface area (Å²) >= 11 is 0. The minimum atomic E-state index is -0.323. The van der Waals surface area contributed by atoms with Crippen LogP contribution in [0.15, 0.2) is 54.9 Å². The number of methoxy groups -OCH3 is 1. The predicted octanol–water partition coefficient (Wildman–Crippen LogP) is 3.87. The topological polar surface area (TPSA) is 120 Å². The van der Waals surface area contributed by atoms with Gasteiger partial charge in [0.1, 0.15) is 11.3 Å². The van der Waals surface area contributed by atoms with Crippen molar-refractivity contribution in [3.05, 3.63) is 66.0 Å². The van der Waals surface area contributed by atoms with E-state index in [0.717, 1.165) is 11.3 Å². The molecule has 0 aliphatic heterocycles. The minimum Gasteiger partial charge on any atom is -0.493 e. The van der Waals surface area contributed by atoms with E-state index in [1.165, 1.54) is 33.3 Å². The molecule has 0 atom stereocenters. The SMILES string of the molecule is COc1ncc(-c2ccc3nc(NC(C)=O)cn3n2)cc1C(=O)NCc1ccccc1OCC1CCC1. The van der Waals surface area contributed by atoms with Crippen molar-refractivity contribution in [2.45, 2.75) is 32.7 Å². The summed E-state index contributed by atoms with van der Waals surface area (Å²) in [5, 5.41) is 10.2. The van der Waals surface area contributed by atoms with E-state index >= 15 is 0 Å². The average molecular weight is 501 g/mol. The third-order valence-corrected chi connectivity index (χ3v) is 6.32. The number of aromatic nitrogens is 4. The molecule has 37 heavy (non-hydrogen) atoms. The van der Waals surface area contributed by atoms with E-state index in [2.05, 4.69) is 25.7 Å². The maximum atomic E-state index is 13.2. The van der Waals surface area contributed by atoms with Crippen LogP contribution in [-0.4, -0.2) is 45.1 Å². The molecule has 3 heterocycles. The highest BCUT2D eigenvalue weighted by molar-refractivity contribution is 5.97. The van der Waals surface area contributed by atoms with E-state index in [0.29, 0.717) is 47.4 Å². The summed E-state index contributed by atoms with van der Waals surface area (Å²) in [7, 11) is 1.47. The van der Waals surface area contributed by atoms with E-state index in [1.54, 1.807) is 35.1 Å². The number of hydrogen-bond acceptors (Lipinski definition) is 7. The molecule has 1 aliphatic carbocycles. The Balaban J connectivity index is 1.33. The van der Waals surface area contributed by atoms with Gasteiger partial charge < -0.3 is 20.1 Å². The summed E-state index contributed by atoms with van der Waals surface area (Å²) in [5.74, 6) is 1.48. The van der Waals surface area contributed by atoms with Crippen LogP contribution in [0.1, 0.15) is 42.1 Å². The molecule has 1 aliphatic rings. The van der Waals surface area contributed by atoms with Crippen LogP contribution >= 0.6 is 0 Å². The lowest BCUT2D eigenvalue weighted by molar-refractivity contribution is -0.114. The summed E-state index contributed by atoms with van der Waals surface area (Å²) in [6.07, 6.45) is 6.90. The molecule has 0 saturated heterocycles. The third-order valence-electron chi connectivity index (χ3n) is 6.32. The molecule has 10 nitrogen and oxygen atoms in total. The molecule has 3 aromatic heterocycles. The van der Waals surface area contributed by atoms with Crippen molar-refractivity contribution in [1.29, 1.82) is 0 Å². The zero-order valence-electron chi connectivity index (χ0n) is 20.7. The maximum Gasteiger partial charge on any atom is 0.257 e. The molecule has 2 N–H and O–H groups in total. The fourth-order valence-electron chi connectivity index (χ4n) is 4.12. The molecule has 10 heteroatoms. The number of nitrogens with zero attached hydrogens (tertiary/aromatic N) is 4. The monoisotopic (exact) mass is 500 g/mol. The Labute approximate surface area is 214 Å². The van der Waals surface area contributed by atoms with Gasteiger partial charge in [-0.05, 0) is 43.0 Å². The number of anilines is 1. The summed E-state index contributed by atoms with van der Waals surface area (Å²) < 4.78 is 12.9. The molecule has 190 valence electrons. The van der Waals surface area contributed by atoms with Crippen LogP contribution in [0.3, 0.4) is 0 Å². The highest BCUT2D eigenvalue weighted by Gasteiger charge is 2.19. The Bertz CT molecular complexity index is 1450. The van der Waals surface area contributed by atoms with Gasteiger partial charge in [0, 0.05) is 30.8 Å². The van der Waals surface area contributed by atoms with Crippen molar-refractivity contribution in [3.8, 4) is 22.9 Å². The van der Waals surface area contributed by atoms with Gasteiger partial charge in [0.2, 0.25) is 11.8 Å². The molecule has 2 amide bonds. The molecule has 0 bridgehead atoms. The number of hydrogen-bond donors (Lipinski definition) is 2. The van der Waals surface area contributed by atoms with Gasteiger partial charge in [-0.25, -0.2) is 14.5 Å². The number of ether oxygens (including phenoxy) is 2. The largest absolute Gasteiger partial charge is 0.493 e. The van der Waals surface area contributed by atoms with Crippen LogP contribution in [0.25, 0.3) is 16.9 Å². The number of benzene rings is 1.